The maximum Gasteiger partial charge on any atom is 0.331 e. The maximum absolute atomic E-state index is 12.4. The number of nitrogens with one attached hydrogen (secondary N) is 1. The van der Waals surface area contributed by atoms with Crippen molar-refractivity contribution in [1.29, 1.82) is 0 Å². The molecule has 2 unspecified atom stereocenters. The van der Waals surface area contributed by atoms with E-state index in [1.54, 1.807) is 0 Å². The molecule has 1 saturated heterocycles. The summed E-state index contributed by atoms with van der Waals surface area (Å²) in [6, 6.07) is 9.85. The lowest BCUT2D eigenvalue weighted by Crippen LogP contribution is -2.55. The van der Waals surface area contributed by atoms with Crippen LogP contribution in [0.25, 0.3) is 0 Å². The zero-order valence-electron chi connectivity index (χ0n) is 13.0. The molecule has 2 rings (SSSR count). The first-order valence-corrected chi connectivity index (χ1v) is 7.62. The van der Waals surface area contributed by atoms with Gasteiger partial charge in [0.05, 0.1) is 6.61 Å². The Balaban J connectivity index is 2.07. The van der Waals surface area contributed by atoms with Crippen LogP contribution in [0.3, 0.4) is 0 Å². The summed E-state index contributed by atoms with van der Waals surface area (Å²) >= 11 is 0. The van der Waals surface area contributed by atoms with Gasteiger partial charge in [0.15, 0.2) is 5.54 Å². The Bertz CT molecular complexity index is 521. The van der Waals surface area contributed by atoms with Crippen LogP contribution in [0.5, 0.6) is 0 Å². The molecule has 1 aromatic rings. The number of benzene rings is 1. The van der Waals surface area contributed by atoms with E-state index in [9.17, 15) is 14.7 Å². The number of amides is 1. The molecule has 1 aliphatic rings. The number of carboxylic acid groups (broad SMARTS) is 1. The Morgan fingerprint density at radius 2 is 2.00 bits per heavy atom. The van der Waals surface area contributed by atoms with Gasteiger partial charge in [-0.15, -0.1) is 0 Å². The zero-order chi connectivity index (χ0) is 16.2. The monoisotopic (exact) mass is 305 g/mol. The lowest BCUT2D eigenvalue weighted by atomic mass is 9.85. The first-order valence-electron chi connectivity index (χ1n) is 7.62. The Morgan fingerprint density at radius 1 is 1.32 bits per heavy atom. The van der Waals surface area contributed by atoms with Gasteiger partial charge in [0.1, 0.15) is 0 Å². The molecule has 0 aliphatic carbocycles. The minimum atomic E-state index is -1.27. The van der Waals surface area contributed by atoms with Gasteiger partial charge in [-0.3, -0.25) is 4.79 Å². The molecule has 22 heavy (non-hydrogen) atoms. The lowest BCUT2D eigenvalue weighted by molar-refractivity contribution is -0.147. The van der Waals surface area contributed by atoms with Crippen molar-refractivity contribution in [2.24, 2.45) is 5.92 Å². The predicted molar refractivity (Wildman–Crippen MR) is 82.6 cm³/mol. The quantitative estimate of drug-likeness (QED) is 0.844. The Morgan fingerprint density at radius 3 is 2.50 bits per heavy atom. The summed E-state index contributed by atoms with van der Waals surface area (Å²) < 4.78 is 5.16. The second-order valence-corrected chi connectivity index (χ2v) is 6.20. The minimum absolute atomic E-state index is 0.0335. The van der Waals surface area contributed by atoms with Crippen LogP contribution in [0.15, 0.2) is 30.3 Å². The number of hydrogen-bond donors (Lipinski definition) is 2. The molecule has 5 nitrogen and oxygen atoms in total. The van der Waals surface area contributed by atoms with Crippen LogP contribution >= 0.6 is 0 Å². The predicted octanol–water partition coefficient (Wildman–Crippen LogP) is 2.18. The van der Waals surface area contributed by atoms with Crippen molar-refractivity contribution in [1.82, 2.24) is 5.32 Å². The molecule has 5 heteroatoms. The molecule has 1 fully saturated rings. The summed E-state index contributed by atoms with van der Waals surface area (Å²) in [5.74, 6) is -0.919. The van der Waals surface area contributed by atoms with Gasteiger partial charge >= 0.3 is 5.97 Å². The maximum atomic E-state index is 12.4. The molecule has 0 bridgehead atoms. The van der Waals surface area contributed by atoms with E-state index in [4.69, 9.17) is 4.74 Å². The van der Waals surface area contributed by atoms with E-state index in [0.29, 0.717) is 13.0 Å². The van der Waals surface area contributed by atoms with Gasteiger partial charge in [-0.2, -0.15) is 0 Å². The number of ether oxygens (including phenoxy) is 1. The van der Waals surface area contributed by atoms with E-state index in [-0.39, 0.29) is 30.8 Å². The first-order chi connectivity index (χ1) is 10.4. The topological polar surface area (TPSA) is 75.6 Å². The molecule has 0 aromatic heterocycles. The summed E-state index contributed by atoms with van der Waals surface area (Å²) in [6.45, 7) is 4.53. The summed E-state index contributed by atoms with van der Waals surface area (Å²) in [4.78, 5) is 23.8. The van der Waals surface area contributed by atoms with Crippen LogP contribution in [0.1, 0.15) is 38.2 Å². The molecular weight excluding hydrogens is 282 g/mol. The molecule has 2 atom stereocenters. The van der Waals surface area contributed by atoms with E-state index >= 15 is 0 Å². The molecule has 0 saturated carbocycles. The van der Waals surface area contributed by atoms with Crippen molar-refractivity contribution < 1.29 is 19.4 Å². The van der Waals surface area contributed by atoms with E-state index in [2.05, 4.69) is 19.2 Å². The molecule has 1 aromatic carbocycles. The Kier molecular flexibility index (Phi) is 5.19. The van der Waals surface area contributed by atoms with Crippen molar-refractivity contribution in [3.8, 4) is 0 Å². The first kappa shape index (κ1) is 16.5. The molecular formula is C17H23NO4. The summed E-state index contributed by atoms with van der Waals surface area (Å²) in [7, 11) is 0. The number of rotatable bonds is 6. The number of carboxylic acids is 1. The van der Waals surface area contributed by atoms with Gasteiger partial charge in [-0.05, 0) is 17.4 Å². The van der Waals surface area contributed by atoms with Crippen LogP contribution in [0.4, 0.5) is 0 Å². The largest absolute Gasteiger partial charge is 0.479 e. The van der Waals surface area contributed by atoms with Gasteiger partial charge in [-0.1, -0.05) is 44.2 Å². The third-order valence-electron chi connectivity index (χ3n) is 4.25. The second-order valence-electron chi connectivity index (χ2n) is 6.20. The van der Waals surface area contributed by atoms with Crippen LogP contribution in [0.2, 0.25) is 0 Å². The minimum Gasteiger partial charge on any atom is -0.479 e. The van der Waals surface area contributed by atoms with Gasteiger partial charge in [0, 0.05) is 19.4 Å². The highest BCUT2D eigenvalue weighted by Gasteiger charge is 2.44. The third-order valence-corrected chi connectivity index (χ3v) is 4.25. The molecule has 1 aliphatic heterocycles. The lowest BCUT2D eigenvalue weighted by Gasteiger charge is -2.26. The van der Waals surface area contributed by atoms with E-state index in [0.717, 1.165) is 5.56 Å². The highest BCUT2D eigenvalue weighted by Crippen LogP contribution is 2.28. The Labute approximate surface area is 130 Å². The fourth-order valence-corrected chi connectivity index (χ4v) is 2.84. The molecule has 0 spiro atoms. The number of carbonyl (C=O) groups is 2. The molecule has 1 amide bonds. The van der Waals surface area contributed by atoms with E-state index < -0.39 is 11.5 Å². The fraction of sp³-hybridized carbons (Fsp3) is 0.529. The summed E-state index contributed by atoms with van der Waals surface area (Å²) in [5.41, 5.74) is -0.172. The fourth-order valence-electron chi connectivity index (χ4n) is 2.84. The average Bonchev–Trinajstić information content (AvgIpc) is 2.95. The van der Waals surface area contributed by atoms with Gasteiger partial charge < -0.3 is 15.2 Å². The molecule has 2 N–H and O–H groups in total. The van der Waals surface area contributed by atoms with Gasteiger partial charge in [0.2, 0.25) is 5.91 Å². The number of aliphatic carboxylic acids is 1. The molecule has 0 radical (unpaired) electrons. The third kappa shape index (κ3) is 3.65. The molecule has 1 heterocycles. The van der Waals surface area contributed by atoms with Crippen molar-refractivity contribution in [3.63, 3.8) is 0 Å². The molecule has 120 valence electrons. The van der Waals surface area contributed by atoms with E-state index in [1.165, 1.54) is 0 Å². The standard InChI is InChI=1S/C17H23NO4/c1-12(2)14(13-6-4-3-5-7-13)10-15(19)18-17(16(20)21)8-9-22-11-17/h3-7,12,14H,8-11H2,1-2H3,(H,18,19)(H,20,21). The highest BCUT2D eigenvalue weighted by molar-refractivity contribution is 5.87. The van der Waals surface area contributed by atoms with Crippen molar-refractivity contribution >= 4 is 11.9 Å². The number of hydrogen-bond acceptors (Lipinski definition) is 3. The number of carbonyl (C=O) groups excluding carboxylic acids is 1. The summed E-state index contributed by atoms with van der Waals surface area (Å²) in [5, 5.41) is 12.1. The van der Waals surface area contributed by atoms with Crippen molar-refractivity contribution in [2.45, 2.75) is 38.1 Å². The summed E-state index contributed by atoms with van der Waals surface area (Å²) in [6.07, 6.45) is 0.586. The van der Waals surface area contributed by atoms with E-state index in [1.807, 2.05) is 30.3 Å². The van der Waals surface area contributed by atoms with Crippen LogP contribution in [0, 0.1) is 5.92 Å². The SMILES string of the molecule is CC(C)C(CC(=O)NC1(C(=O)O)CCOC1)c1ccccc1. The van der Waals surface area contributed by atoms with Crippen molar-refractivity contribution in [3.05, 3.63) is 35.9 Å². The van der Waals surface area contributed by atoms with Crippen LogP contribution < -0.4 is 5.32 Å². The van der Waals surface area contributed by atoms with Crippen LogP contribution in [-0.2, 0) is 14.3 Å². The average molecular weight is 305 g/mol. The Hall–Kier alpha value is -1.88. The second kappa shape index (κ2) is 6.92. The van der Waals surface area contributed by atoms with Crippen molar-refractivity contribution in [2.75, 3.05) is 13.2 Å². The smallest absolute Gasteiger partial charge is 0.331 e. The zero-order valence-corrected chi connectivity index (χ0v) is 13.0. The normalized spacial score (nSPS) is 22.5. The van der Waals surface area contributed by atoms with Gasteiger partial charge in [0.25, 0.3) is 0 Å². The van der Waals surface area contributed by atoms with Gasteiger partial charge in [-0.25, -0.2) is 4.79 Å². The highest BCUT2D eigenvalue weighted by atomic mass is 16.5. The van der Waals surface area contributed by atoms with Crippen LogP contribution in [-0.4, -0.2) is 35.7 Å².